The van der Waals surface area contributed by atoms with E-state index in [1.54, 1.807) is 13.0 Å². The van der Waals surface area contributed by atoms with Crippen molar-refractivity contribution in [2.75, 3.05) is 0 Å². The molecule has 0 heterocycles. The van der Waals surface area contributed by atoms with Crippen LogP contribution in [0.3, 0.4) is 0 Å². The minimum absolute atomic E-state index is 0.0159. The largest absolute Gasteiger partial charge is 0.573 e. The molecule has 0 amide bonds. The van der Waals surface area contributed by atoms with Crippen LogP contribution in [0.4, 0.5) is 13.2 Å². The van der Waals surface area contributed by atoms with Crippen molar-refractivity contribution in [3.63, 3.8) is 0 Å². The number of benzene rings is 1. The van der Waals surface area contributed by atoms with Crippen LogP contribution in [0.2, 0.25) is 0 Å². The molecule has 2 saturated carbocycles. The van der Waals surface area contributed by atoms with E-state index in [-0.39, 0.29) is 17.6 Å². The summed E-state index contributed by atoms with van der Waals surface area (Å²) in [6.45, 7) is 1.65. The number of hydrogen-bond acceptors (Lipinski definition) is 2. The van der Waals surface area contributed by atoms with Crippen molar-refractivity contribution in [3.8, 4) is 11.5 Å². The second kappa shape index (κ2) is 6.46. The lowest BCUT2D eigenvalue weighted by Crippen LogP contribution is -2.20. The SMILES string of the molecule is Cc1c(/C=C/C2CC2)ccc(OC2CCCC2)c1OC(F)(F)F. The lowest BCUT2D eigenvalue weighted by molar-refractivity contribution is -0.275. The molecule has 2 aliphatic rings. The Balaban J connectivity index is 1.88. The fraction of sp³-hybridized carbons (Fsp3) is 0.556. The van der Waals surface area contributed by atoms with E-state index in [0.29, 0.717) is 11.5 Å². The normalized spacial score (nSPS) is 19.5. The van der Waals surface area contributed by atoms with Crippen molar-refractivity contribution in [1.82, 2.24) is 0 Å². The van der Waals surface area contributed by atoms with Gasteiger partial charge in [-0.2, -0.15) is 0 Å². The minimum Gasteiger partial charge on any atom is -0.487 e. The Morgan fingerprint density at radius 2 is 1.78 bits per heavy atom. The van der Waals surface area contributed by atoms with E-state index in [0.717, 1.165) is 44.1 Å². The maximum atomic E-state index is 12.8. The first-order valence-electron chi connectivity index (χ1n) is 8.16. The molecular formula is C18H21F3O2. The molecule has 23 heavy (non-hydrogen) atoms. The molecule has 0 radical (unpaired) electrons. The molecule has 2 aliphatic carbocycles. The highest BCUT2D eigenvalue weighted by molar-refractivity contribution is 5.62. The molecule has 0 aromatic heterocycles. The molecule has 0 saturated heterocycles. The predicted molar refractivity (Wildman–Crippen MR) is 82.5 cm³/mol. The molecule has 5 heteroatoms. The maximum Gasteiger partial charge on any atom is 0.573 e. The summed E-state index contributed by atoms with van der Waals surface area (Å²) in [5.74, 6) is 0.549. The zero-order valence-electron chi connectivity index (χ0n) is 13.2. The third kappa shape index (κ3) is 4.43. The van der Waals surface area contributed by atoms with Gasteiger partial charge in [-0.05, 0) is 63.0 Å². The Bertz CT molecular complexity index is 583. The van der Waals surface area contributed by atoms with Gasteiger partial charge in [-0.15, -0.1) is 13.2 Å². The topological polar surface area (TPSA) is 18.5 Å². The lowest BCUT2D eigenvalue weighted by atomic mass is 10.1. The highest BCUT2D eigenvalue weighted by Crippen LogP contribution is 2.40. The Kier molecular flexibility index (Phi) is 4.55. The molecule has 0 N–H and O–H groups in total. The molecular weight excluding hydrogens is 305 g/mol. The van der Waals surface area contributed by atoms with E-state index < -0.39 is 6.36 Å². The van der Waals surface area contributed by atoms with Gasteiger partial charge in [0.05, 0.1) is 6.10 Å². The van der Waals surface area contributed by atoms with Crippen molar-refractivity contribution in [2.45, 2.75) is 57.9 Å². The van der Waals surface area contributed by atoms with E-state index in [9.17, 15) is 13.2 Å². The third-order valence-electron chi connectivity index (χ3n) is 4.40. The average Bonchev–Trinajstić information content (AvgIpc) is 3.16. The zero-order chi connectivity index (χ0) is 16.4. The average molecular weight is 326 g/mol. The molecule has 126 valence electrons. The summed E-state index contributed by atoms with van der Waals surface area (Å²) < 4.78 is 48.4. The fourth-order valence-electron chi connectivity index (χ4n) is 2.91. The van der Waals surface area contributed by atoms with E-state index >= 15 is 0 Å². The van der Waals surface area contributed by atoms with Crippen molar-refractivity contribution in [2.24, 2.45) is 5.92 Å². The number of hydrogen-bond donors (Lipinski definition) is 0. The fourth-order valence-corrected chi connectivity index (χ4v) is 2.91. The Morgan fingerprint density at radius 1 is 1.09 bits per heavy atom. The summed E-state index contributed by atoms with van der Waals surface area (Å²) in [5.41, 5.74) is 1.21. The highest BCUT2D eigenvalue weighted by atomic mass is 19.4. The summed E-state index contributed by atoms with van der Waals surface area (Å²) in [7, 11) is 0. The molecule has 2 fully saturated rings. The van der Waals surface area contributed by atoms with Gasteiger partial charge in [0, 0.05) is 5.56 Å². The van der Waals surface area contributed by atoms with Gasteiger partial charge in [0.2, 0.25) is 0 Å². The van der Waals surface area contributed by atoms with E-state index in [1.165, 1.54) is 0 Å². The number of halogens is 3. The smallest absolute Gasteiger partial charge is 0.487 e. The van der Waals surface area contributed by atoms with Crippen molar-refractivity contribution < 1.29 is 22.6 Å². The van der Waals surface area contributed by atoms with Crippen LogP contribution in [0.25, 0.3) is 6.08 Å². The standard InChI is InChI=1S/C18H21F3O2/c1-12-14(9-8-13-6-7-13)10-11-16(17(12)23-18(19,20)21)22-15-4-2-3-5-15/h8-11,13,15H,2-7H2,1H3/b9-8+. The van der Waals surface area contributed by atoms with E-state index in [4.69, 9.17) is 4.74 Å². The third-order valence-corrected chi connectivity index (χ3v) is 4.40. The van der Waals surface area contributed by atoms with E-state index in [2.05, 4.69) is 10.8 Å². The Morgan fingerprint density at radius 3 is 2.39 bits per heavy atom. The molecule has 1 aromatic carbocycles. The molecule has 0 aliphatic heterocycles. The van der Waals surface area contributed by atoms with Gasteiger partial charge in [-0.3, -0.25) is 0 Å². The molecule has 0 atom stereocenters. The zero-order valence-corrected chi connectivity index (χ0v) is 13.2. The van der Waals surface area contributed by atoms with Crippen LogP contribution in [-0.2, 0) is 0 Å². The van der Waals surface area contributed by atoms with Gasteiger partial charge >= 0.3 is 6.36 Å². The van der Waals surface area contributed by atoms with Gasteiger partial charge in [-0.1, -0.05) is 18.2 Å². The Hall–Kier alpha value is -1.65. The summed E-state index contributed by atoms with van der Waals surface area (Å²) >= 11 is 0. The van der Waals surface area contributed by atoms with Crippen molar-refractivity contribution in [3.05, 3.63) is 29.3 Å². The highest BCUT2D eigenvalue weighted by Gasteiger charge is 2.34. The first kappa shape index (κ1) is 16.2. The molecule has 1 aromatic rings. The van der Waals surface area contributed by atoms with Gasteiger partial charge < -0.3 is 9.47 Å². The van der Waals surface area contributed by atoms with Gasteiger partial charge in [0.25, 0.3) is 0 Å². The van der Waals surface area contributed by atoms with Crippen LogP contribution in [-0.4, -0.2) is 12.5 Å². The molecule has 0 spiro atoms. The van der Waals surface area contributed by atoms with Crippen molar-refractivity contribution >= 4 is 6.08 Å². The maximum absolute atomic E-state index is 12.8. The number of allylic oxidation sites excluding steroid dienone is 1. The number of rotatable bonds is 5. The predicted octanol–water partition coefficient (Wildman–Crippen LogP) is 5.64. The van der Waals surface area contributed by atoms with Crippen LogP contribution in [0.15, 0.2) is 18.2 Å². The first-order valence-corrected chi connectivity index (χ1v) is 8.16. The van der Waals surface area contributed by atoms with Crippen LogP contribution < -0.4 is 9.47 Å². The van der Waals surface area contributed by atoms with Crippen LogP contribution in [0.5, 0.6) is 11.5 Å². The molecule has 0 bridgehead atoms. The quantitative estimate of drug-likeness (QED) is 0.697. The first-order chi connectivity index (χ1) is 10.9. The molecule has 3 rings (SSSR count). The van der Waals surface area contributed by atoms with E-state index in [1.807, 2.05) is 12.1 Å². The summed E-state index contributed by atoms with van der Waals surface area (Å²) in [5, 5.41) is 0. The molecule has 2 nitrogen and oxygen atoms in total. The second-order valence-electron chi connectivity index (χ2n) is 6.38. The summed E-state index contributed by atoms with van der Waals surface area (Å²) in [6.07, 6.45) is 5.39. The summed E-state index contributed by atoms with van der Waals surface area (Å²) in [6, 6.07) is 3.40. The Labute approximate surface area is 134 Å². The van der Waals surface area contributed by atoms with Crippen LogP contribution in [0, 0.1) is 12.8 Å². The van der Waals surface area contributed by atoms with Gasteiger partial charge in [-0.25, -0.2) is 0 Å². The summed E-state index contributed by atoms with van der Waals surface area (Å²) in [4.78, 5) is 0. The van der Waals surface area contributed by atoms with Gasteiger partial charge in [0.15, 0.2) is 11.5 Å². The van der Waals surface area contributed by atoms with Crippen molar-refractivity contribution in [1.29, 1.82) is 0 Å². The molecule has 0 unspecified atom stereocenters. The second-order valence-corrected chi connectivity index (χ2v) is 6.38. The number of alkyl halides is 3. The minimum atomic E-state index is -4.72. The lowest BCUT2D eigenvalue weighted by Gasteiger charge is -2.20. The monoisotopic (exact) mass is 326 g/mol. The van der Waals surface area contributed by atoms with Crippen LogP contribution in [0.1, 0.15) is 49.7 Å². The number of ether oxygens (including phenoxy) is 2. The van der Waals surface area contributed by atoms with Gasteiger partial charge in [0.1, 0.15) is 0 Å². The van der Waals surface area contributed by atoms with Crippen LogP contribution >= 0.6 is 0 Å².